The van der Waals surface area contributed by atoms with Crippen LogP contribution in [-0.2, 0) is 6.54 Å². The molecule has 26 heavy (non-hydrogen) atoms. The van der Waals surface area contributed by atoms with Crippen LogP contribution in [0.15, 0.2) is 59.1 Å². The summed E-state index contributed by atoms with van der Waals surface area (Å²) >= 11 is 0. The molecule has 0 spiro atoms. The summed E-state index contributed by atoms with van der Waals surface area (Å²) in [4.78, 5) is 16.4. The number of nitrogens with zero attached hydrogens (tertiary/aromatic N) is 1. The molecule has 0 atom stereocenters. The number of aliphatic hydroxyl groups excluding tert-OH is 1. The average molecular weight is 351 g/mol. The van der Waals surface area contributed by atoms with Gasteiger partial charge in [0.25, 0.3) is 5.89 Å². The van der Waals surface area contributed by atoms with Gasteiger partial charge in [0.2, 0.25) is 0 Å². The first-order valence-electron chi connectivity index (χ1n) is 8.41. The van der Waals surface area contributed by atoms with Crippen molar-refractivity contribution in [1.82, 2.24) is 10.3 Å². The molecule has 0 aliphatic heterocycles. The molecular weight excluding hydrogens is 330 g/mol. The fourth-order valence-electron chi connectivity index (χ4n) is 2.66. The number of nitrogens with one attached hydrogen (secondary N) is 2. The van der Waals surface area contributed by atoms with Crippen LogP contribution in [0.25, 0.3) is 11.1 Å². The Morgan fingerprint density at radius 3 is 2.73 bits per heavy atom. The van der Waals surface area contributed by atoms with Crippen LogP contribution in [0.5, 0.6) is 0 Å². The summed E-state index contributed by atoms with van der Waals surface area (Å²) in [6.07, 6.45) is 1.51. The molecule has 0 bridgehead atoms. The van der Waals surface area contributed by atoms with Gasteiger partial charge in [-0.15, -0.1) is 0 Å². The van der Waals surface area contributed by atoms with Gasteiger partial charge in [0, 0.05) is 12.2 Å². The van der Waals surface area contributed by atoms with Crippen molar-refractivity contribution in [3.05, 3.63) is 71.9 Å². The van der Waals surface area contributed by atoms with Crippen LogP contribution in [0, 0.1) is 6.92 Å². The first-order valence-corrected chi connectivity index (χ1v) is 8.41. The van der Waals surface area contributed by atoms with Crippen molar-refractivity contribution in [2.75, 3.05) is 18.5 Å². The number of rotatable bonds is 7. The van der Waals surface area contributed by atoms with Gasteiger partial charge < -0.3 is 20.2 Å². The number of aliphatic hydroxyl groups is 1. The maximum atomic E-state index is 12.4. The van der Waals surface area contributed by atoms with Gasteiger partial charge in [-0.05, 0) is 29.7 Å². The third-order valence-corrected chi connectivity index (χ3v) is 4.00. The Balaban J connectivity index is 1.74. The average Bonchev–Trinajstić information content (AvgIpc) is 3.13. The van der Waals surface area contributed by atoms with Gasteiger partial charge in [0.1, 0.15) is 5.76 Å². The molecule has 1 amide bonds. The molecule has 0 radical (unpaired) electrons. The van der Waals surface area contributed by atoms with Gasteiger partial charge in [0.05, 0.1) is 19.3 Å². The van der Waals surface area contributed by atoms with Crippen LogP contribution in [0.2, 0.25) is 0 Å². The highest BCUT2D eigenvalue weighted by molar-refractivity contribution is 6.02. The topological polar surface area (TPSA) is 87.4 Å². The van der Waals surface area contributed by atoms with Crippen molar-refractivity contribution in [3.8, 4) is 11.1 Å². The van der Waals surface area contributed by atoms with Crippen LogP contribution in [0.3, 0.4) is 0 Å². The smallest absolute Gasteiger partial charge is 0.311 e. The van der Waals surface area contributed by atoms with Gasteiger partial charge in [-0.25, -0.2) is 4.98 Å². The SMILES string of the molecule is Cc1c(NC(=O)c2ncc(CNCCO)o2)cccc1-c1ccccc1. The number of aromatic nitrogens is 1. The molecular formula is C20H21N3O3. The van der Waals surface area contributed by atoms with Crippen LogP contribution in [0.1, 0.15) is 22.0 Å². The highest BCUT2D eigenvalue weighted by Gasteiger charge is 2.15. The van der Waals surface area contributed by atoms with E-state index in [1.54, 1.807) is 0 Å². The fourth-order valence-corrected chi connectivity index (χ4v) is 2.66. The Bertz CT molecular complexity index is 875. The van der Waals surface area contributed by atoms with Gasteiger partial charge in [0.15, 0.2) is 0 Å². The minimum absolute atomic E-state index is 0.00955. The van der Waals surface area contributed by atoms with Gasteiger partial charge in [-0.3, -0.25) is 4.79 Å². The van der Waals surface area contributed by atoms with Crippen LogP contribution in [0.4, 0.5) is 5.69 Å². The Morgan fingerprint density at radius 2 is 1.96 bits per heavy atom. The number of carbonyl (C=O) groups excluding carboxylic acids is 1. The molecule has 0 unspecified atom stereocenters. The zero-order valence-corrected chi connectivity index (χ0v) is 14.5. The van der Waals surface area contributed by atoms with E-state index in [0.29, 0.717) is 18.8 Å². The molecule has 3 aromatic rings. The minimum atomic E-state index is -0.397. The molecule has 1 aromatic heterocycles. The first-order chi connectivity index (χ1) is 12.7. The lowest BCUT2D eigenvalue weighted by molar-refractivity contribution is 0.0988. The third-order valence-electron chi connectivity index (χ3n) is 4.00. The Kier molecular flexibility index (Phi) is 5.78. The summed E-state index contributed by atoms with van der Waals surface area (Å²) in [5.74, 6) is 0.153. The van der Waals surface area contributed by atoms with Crippen molar-refractivity contribution < 1.29 is 14.3 Å². The summed E-state index contributed by atoms with van der Waals surface area (Å²) in [6.45, 7) is 2.87. The lowest BCUT2D eigenvalue weighted by atomic mass is 9.99. The largest absolute Gasteiger partial charge is 0.436 e. The van der Waals surface area contributed by atoms with E-state index < -0.39 is 5.91 Å². The maximum Gasteiger partial charge on any atom is 0.311 e. The van der Waals surface area contributed by atoms with E-state index in [0.717, 1.165) is 22.4 Å². The minimum Gasteiger partial charge on any atom is -0.436 e. The lowest BCUT2D eigenvalue weighted by Gasteiger charge is -2.12. The summed E-state index contributed by atoms with van der Waals surface area (Å²) in [6, 6.07) is 15.8. The monoisotopic (exact) mass is 351 g/mol. The van der Waals surface area contributed by atoms with Crippen molar-refractivity contribution >= 4 is 11.6 Å². The van der Waals surface area contributed by atoms with Crippen LogP contribution in [-0.4, -0.2) is 29.1 Å². The highest BCUT2D eigenvalue weighted by Crippen LogP contribution is 2.28. The zero-order valence-electron chi connectivity index (χ0n) is 14.5. The molecule has 2 aromatic carbocycles. The second kappa shape index (κ2) is 8.42. The van der Waals surface area contributed by atoms with Gasteiger partial charge in [-0.1, -0.05) is 42.5 Å². The van der Waals surface area contributed by atoms with E-state index in [4.69, 9.17) is 9.52 Å². The van der Waals surface area contributed by atoms with Gasteiger partial charge in [-0.2, -0.15) is 0 Å². The molecule has 0 saturated heterocycles. The van der Waals surface area contributed by atoms with Crippen LogP contribution < -0.4 is 10.6 Å². The molecule has 3 rings (SSSR count). The Hall–Kier alpha value is -2.96. The van der Waals surface area contributed by atoms with Crippen LogP contribution >= 0.6 is 0 Å². The summed E-state index contributed by atoms with van der Waals surface area (Å²) in [7, 11) is 0. The number of oxazole rings is 1. The van der Waals surface area contributed by atoms with E-state index in [2.05, 4.69) is 15.6 Å². The molecule has 0 aliphatic carbocycles. The standard InChI is InChI=1S/C20H21N3O3/c1-14-17(15-6-3-2-4-7-15)8-5-9-18(14)23-19(25)20-22-13-16(26-20)12-21-10-11-24/h2-9,13,21,24H,10-12H2,1H3,(H,23,25). The van der Waals surface area contributed by atoms with Gasteiger partial charge >= 0.3 is 5.91 Å². The van der Waals surface area contributed by atoms with E-state index in [-0.39, 0.29) is 12.5 Å². The summed E-state index contributed by atoms with van der Waals surface area (Å²) in [5, 5.41) is 14.6. The Morgan fingerprint density at radius 1 is 1.15 bits per heavy atom. The third kappa shape index (κ3) is 4.17. The lowest BCUT2D eigenvalue weighted by Crippen LogP contribution is -2.17. The zero-order chi connectivity index (χ0) is 18.4. The summed E-state index contributed by atoms with van der Waals surface area (Å²) in [5.41, 5.74) is 3.84. The molecule has 0 fully saturated rings. The van der Waals surface area contributed by atoms with E-state index in [9.17, 15) is 4.79 Å². The molecule has 6 heteroatoms. The number of anilines is 1. The second-order valence-electron chi connectivity index (χ2n) is 5.83. The predicted molar refractivity (Wildman–Crippen MR) is 99.9 cm³/mol. The first kappa shape index (κ1) is 17.8. The number of hydrogen-bond acceptors (Lipinski definition) is 5. The number of amides is 1. The van der Waals surface area contributed by atoms with Crippen molar-refractivity contribution in [2.45, 2.75) is 13.5 Å². The molecule has 6 nitrogen and oxygen atoms in total. The number of carbonyl (C=O) groups is 1. The van der Waals surface area contributed by atoms with Crippen molar-refractivity contribution in [1.29, 1.82) is 0 Å². The van der Waals surface area contributed by atoms with E-state index in [1.165, 1.54) is 6.20 Å². The quantitative estimate of drug-likeness (QED) is 0.570. The van der Waals surface area contributed by atoms with Crippen molar-refractivity contribution in [3.63, 3.8) is 0 Å². The second-order valence-corrected chi connectivity index (χ2v) is 5.83. The molecule has 0 saturated carbocycles. The molecule has 134 valence electrons. The maximum absolute atomic E-state index is 12.4. The number of hydrogen-bond donors (Lipinski definition) is 3. The van der Waals surface area contributed by atoms with Crippen molar-refractivity contribution in [2.24, 2.45) is 0 Å². The normalized spacial score (nSPS) is 10.7. The summed E-state index contributed by atoms with van der Waals surface area (Å²) < 4.78 is 5.45. The highest BCUT2D eigenvalue weighted by atomic mass is 16.4. The fraction of sp³-hybridized carbons (Fsp3) is 0.200. The molecule has 0 aliphatic rings. The number of benzene rings is 2. The van der Waals surface area contributed by atoms with E-state index >= 15 is 0 Å². The molecule has 3 N–H and O–H groups in total. The predicted octanol–water partition coefficient (Wildman–Crippen LogP) is 2.98. The van der Waals surface area contributed by atoms with E-state index in [1.807, 2.05) is 55.5 Å². The molecule has 1 heterocycles. The Labute approximate surface area is 151 Å².